The van der Waals surface area contributed by atoms with Crippen molar-refractivity contribution in [2.24, 2.45) is 13.0 Å². The molecule has 0 fully saturated rings. The molecule has 2 N–H and O–H groups in total. The lowest BCUT2D eigenvalue weighted by molar-refractivity contribution is 0.221. The summed E-state index contributed by atoms with van der Waals surface area (Å²) < 4.78 is 34.2. The predicted molar refractivity (Wildman–Crippen MR) is 80.9 cm³/mol. The highest BCUT2D eigenvalue weighted by Gasteiger charge is 2.24. The number of nitrogens with zero attached hydrogens (tertiary/aromatic N) is 2. The zero-order valence-electron chi connectivity index (χ0n) is 12.9. The van der Waals surface area contributed by atoms with Gasteiger partial charge in [-0.2, -0.15) is 5.10 Å². The average molecular weight is 327 g/mol. The van der Waals surface area contributed by atoms with Crippen LogP contribution in [0.5, 0.6) is 0 Å². The number of aryl methyl sites for hydroxylation is 2. The molecule has 22 heavy (non-hydrogen) atoms. The summed E-state index contributed by atoms with van der Waals surface area (Å²) >= 11 is 0. The van der Waals surface area contributed by atoms with E-state index in [0.29, 0.717) is 23.6 Å². The molecule has 0 amide bonds. The number of furan rings is 1. The number of aromatic nitrogens is 2. The van der Waals surface area contributed by atoms with Gasteiger partial charge in [0.05, 0.1) is 17.7 Å². The fourth-order valence-corrected chi connectivity index (χ4v) is 3.91. The largest absolute Gasteiger partial charge is 0.469 e. The van der Waals surface area contributed by atoms with Crippen molar-refractivity contribution < 1.29 is 17.9 Å². The van der Waals surface area contributed by atoms with Crippen molar-refractivity contribution in [1.29, 1.82) is 0 Å². The average Bonchev–Trinajstić information content (AvgIpc) is 3.04. The number of rotatable bonds is 7. The normalized spacial score (nSPS) is 13.5. The maximum Gasteiger partial charge on any atom is 0.244 e. The Hall–Kier alpha value is -1.64. The van der Waals surface area contributed by atoms with E-state index < -0.39 is 10.0 Å². The smallest absolute Gasteiger partial charge is 0.244 e. The first-order valence-electron chi connectivity index (χ1n) is 6.98. The van der Waals surface area contributed by atoms with Crippen molar-refractivity contribution >= 4 is 10.0 Å². The minimum Gasteiger partial charge on any atom is -0.469 e. The third-order valence-electron chi connectivity index (χ3n) is 3.60. The third-order valence-corrected chi connectivity index (χ3v) is 5.28. The molecule has 0 aromatic carbocycles. The number of nitrogens with one attached hydrogen (secondary N) is 1. The molecule has 8 heteroatoms. The van der Waals surface area contributed by atoms with E-state index in [1.165, 1.54) is 4.68 Å². The van der Waals surface area contributed by atoms with Crippen LogP contribution in [0.25, 0.3) is 0 Å². The van der Waals surface area contributed by atoms with E-state index in [0.717, 1.165) is 0 Å². The lowest BCUT2D eigenvalue weighted by Gasteiger charge is -2.14. The highest BCUT2D eigenvalue weighted by Crippen LogP contribution is 2.18. The number of hydrogen-bond donors (Lipinski definition) is 2. The molecule has 0 saturated carbocycles. The van der Waals surface area contributed by atoms with Crippen molar-refractivity contribution in [2.45, 2.75) is 25.2 Å². The Morgan fingerprint density at radius 2 is 2.18 bits per heavy atom. The lowest BCUT2D eigenvalue weighted by Crippen LogP contribution is -2.32. The maximum absolute atomic E-state index is 12.4. The summed E-state index contributed by atoms with van der Waals surface area (Å²) in [7, 11) is -1.96. The standard InChI is InChI=1S/C14H21N3O4S/c1-10-14(11(2)17(3)16-10)22(19,20)15-8-12(9-18)7-13-5-4-6-21-13/h4-6,12,15,18H,7-9H2,1-3H3. The number of aliphatic hydroxyl groups excluding tert-OH is 1. The Bertz CT molecular complexity index is 720. The van der Waals surface area contributed by atoms with Gasteiger partial charge in [-0.05, 0) is 26.0 Å². The van der Waals surface area contributed by atoms with E-state index in [2.05, 4.69) is 9.82 Å². The number of sulfonamides is 1. The fourth-order valence-electron chi connectivity index (χ4n) is 2.36. The second-order valence-corrected chi connectivity index (χ2v) is 7.01. The van der Waals surface area contributed by atoms with Crippen LogP contribution >= 0.6 is 0 Å². The minimum atomic E-state index is -3.66. The lowest BCUT2D eigenvalue weighted by atomic mass is 10.1. The van der Waals surface area contributed by atoms with Gasteiger partial charge in [-0.1, -0.05) is 0 Å². The van der Waals surface area contributed by atoms with Crippen LogP contribution in [0, 0.1) is 19.8 Å². The van der Waals surface area contributed by atoms with E-state index in [4.69, 9.17) is 4.42 Å². The Morgan fingerprint density at radius 1 is 1.45 bits per heavy atom. The molecule has 0 aliphatic carbocycles. The first-order valence-corrected chi connectivity index (χ1v) is 8.46. The zero-order valence-corrected chi connectivity index (χ0v) is 13.7. The van der Waals surface area contributed by atoms with Crippen molar-refractivity contribution in [3.8, 4) is 0 Å². The van der Waals surface area contributed by atoms with Crippen LogP contribution in [-0.4, -0.2) is 36.5 Å². The predicted octanol–water partition coefficient (Wildman–Crippen LogP) is 0.759. The molecular formula is C14H21N3O4S. The second kappa shape index (κ2) is 6.64. The van der Waals surface area contributed by atoms with Crippen LogP contribution in [0.15, 0.2) is 27.7 Å². The van der Waals surface area contributed by atoms with Crippen LogP contribution in [0.1, 0.15) is 17.1 Å². The number of hydrogen-bond acceptors (Lipinski definition) is 5. The molecular weight excluding hydrogens is 306 g/mol. The SMILES string of the molecule is Cc1nn(C)c(C)c1S(=O)(=O)NCC(CO)Cc1ccco1. The molecule has 0 saturated heterocycles. The number of aliphatic hydroxyl groups is 1. The van der Waals surface area contributed by atoms with Crippen molar-refractivity contribution in [1.82, 2.24) is 14.5 Å². The summed E-state index contributed by atoms with van der Waals surface area (Å²) in [5.41, 5.74) is 1.04. The summed E-state index contributed by atoms with van der Waals surface area (Å²) in [6, 6.07) is 3.56. The van der Waals surface area contributed by atoms with Crippen LogP contribution in [0.2, 0.25) is 0 Å². The van der Waals surface area contributed by atoms with Crippen LogP contribution in [0.3, 0.4) is 0 Å². The van der Waals surface area contributed by atoms with E-state index in [1.807, 2.05) is 0 Å². The van der Waals surface area contributed by atoms with Crippen molar-refractivity contribution in [3.63, 3.8) is 0 Å². The molecule has 0 aliphatic heterocycles. The quantitative estimate of drug-likeness (QED) is 0.782. The van der Waals surface area contributed by atoms with Gasteiger partial charge in [0.15, 0.2) is 0 Å². The van der Waals surface area contributed by atoms with Gasteiger partial charge in [0.25, 0.3) is 0 Å². The Kier molecular flexibility index (Phi) is 5.05. The molecule has 2 aromatic heterocycles. The van der Waals surface area contributed by atoms with Gasteiger partial charge < -0.3 is 9.52 Å². The molecule has 1 unspecified atom stereocenters. The van der Waals surface area contributed by atoms with Crippen LogP contribution < -0.4 is 4.72 Å². The van der Waals surface area contributed by atoms with E-state index in [9.17, 15) is 13.5 Å². The van der Waals surface area contributed by atoms with E-state index >= 15 is 0 Å². The van der Waals surface area contributed by atoms with Crippen LogP contribution in [-0.2, 0) is 23.5 Å². The maximum atomic E-state index is 12.4. The minimum absolute atomic E-state index is 0.131. The summed E-state index contributed by atoms with van der Waals surface area (Å²) in [6.45, 7) is 3.37. The van der Waals surface area contributed by atoms with Gasteiger partial charge in [0.1, 0.15) is 10.7 Å². The van der Waals surface area contributed by atoms with E-state index in [1.54, 1.807) is 39.3 Å². The van der Waals surface area contributed by atoms with Gasteiger partial charge in [-0.15, -0.1) is 0 Å². The Labute approximate surface area is 130 Å². The summed E-state index contributed by atoms with van der Waals surface area (Å²) in [4.78, 5) is 0.199. The molecule has 0 radical (unpaired) electrons. The summed E-state index contributed by atoms with van der Waals surface area (Å²) in [6.07, 6.45) is 2.02. The fraction of sp³-hybridized carbons (Fsp3) is 0.500. The highest BCUT2D eigenvalue weighted by molar-refractivity contribution is 7.89. The molecule has 2 heterocycles. The molecule has 122 valence electrons. The first kappa shape index (κ1) is 16.7. The van der Waals surface area contributed by atoms with Gasteiger partial charge in [0, 0.05) is 32.5 Å². The third kappa shape index (κ3) is 3.57. The highest BCUT2D eigenvalue weighted by atomic mass is 32.2. The molecule has 7 nitrogen and oxygen atoms in total. The van der Waals surface area contributed by atoms with Gasteiger partial charge in [-0.25, -0.2) is 13.1 Å². The van der Waals surface area contributed by atoms with Gasteiger partial charge in [-0.3, -0.25) is 4.68 Å². The van der Waals surface area contributed by atoms with E-state index in [-0.39, 0.29) is 24.0 Å². The second-order valence-electron chi connectivity index (χ2n) is 5.31. The zero-order chi connectivity index (χ0) is 16.3. The van der Waals surface area contributed by atoms with Gasteiger partial charge >= 0.3 is 0 Å². The summed E-state index contributed by atoms with van der Waals surface area (Å²) in [5, 5.41) is 13.5. The first-order chi connectivity index (χ1) is 10.3. The van der Waals surface area contributed by atoms with Crippen molar-refractivity contribution in [2.75, 3.05) is 13.2 Å². The van der Waals surface area contributed by atoms with Crippen LogP contribution in [0.4, 0.5) is 0 Å². The molecule has 0 spiro atoms. The Balaban J connectivity index is 2.08. The monoisotopic (exact) mass is 327 g/mol. The Morgan fingerprint density at radius 3 is 2.68 bits per heavy atom. The molecule has 0 aliphatic rings. The summed E-state index contributed by atoms with van der Waals surface area (Å²) in [5.74, 6) is 0.463. The molecule has 0 bridgehead atoms. The molecule has 2 aromatic rings. The molecule has 2 rings (SSSR count). The topological polar surface area (TPSA) is 97.4 Å². The van der Waals surface area contributed by atoms with Crippen molar-refractivity contribution in [3.05, 3.63) is 35.5 Å². The van der Waals surface area contributed by atoms with Gasteiger partial charge in [0.2, 0.25) is 10.0 Å². The molecule has 1 atom stereocenters.